The minimum absolute atomic E-state index is 0.261. The minimum Gasteiger partial charge on any atom is -0.467 e. The molecule has 0 spiro atoms. The first-order valence-corrected chi connectivity index (χ1v) is 7.54. The third-order valence-corrected chi connectivity index (χ3v) is 3.80. The van der Waals surface area contributed by atoms with E-state index in [4.69, 9.17) is 8.83 Å². The molecule has 4 aromatic rings. The first kappa shape index (κ1) is 14.3. The number of hydrogen-bond acceptors (Lipinski definition) is 4. The lowest BCUT2D eigenvalue weighted by Crippen LogP contribution is -2.23. The molecule has 2 heterocycles. The lowest BCUT2D eigenvalue weighted by atomic mass is 10.0. The third kappa shape index (κ3) is 2.67. The van der Waals surface area contributed by atoms with E-state index in [0.717, 1.165) is 16.3 Å². The summed E-state index contributed by atoms with van der Waals surface area (Å²) in [4.78, 5) is 16.4. The molecule has 24 heavy (non-hydrogen) atoms. The summed E-state index contributed by atoms with van der Waals surface area (Å²) in [6.07, 6.45) is 2.85. The van der Waals surface area contributed by atoms with Crippen LogP contribution in [0.4, 0.5) is 0 Å². The van der Waals surface area contributed by atoms with Crippen molar-refractivity contribution in [2.45, 2.75) is 6.54 Å². The SMILES string of the molecule is O=C(NCc1ccco1)c1ncoc1-c1ccc2ccccc2c1. The van der Waals surface area contributed by atoms with Crippen LogP contribution in [0.5, 0.6) is 0 Å². The number of furan rings is 1. The highest BCUT2D eigenvalue weighted by Gasteiger charge is 2.18. The second-order valence-electron chi connectivity index (χ2n) is 5.35. The Morgan fingerprint density at radius 2 is 1.88 bits per heavy atom. The molecule has 0 radical (unpaired) electrons. The van der Waals surface area contributed by atoms with Gasteiger partial charge in [0.15, 0.2) is 17.8 Å². The van der Waals surface area contributed by atoms with Crippen LogP contribution < -0.4 is 5.32 Å². The fraction of sp³-hybridized carbons (Fsp3) is 0.0526. The summed E-state index contributed by atoms with van der Waals surface area (Å²) in [7, 11) is 0. The number of nitrogens with zero attached hydrogens (tertiary/aromatic N) is 1. The second-order valence-corrected chi connectivity index (χ2v) is 5.35. The predicted octanol–water partition coefficient (Wildman–Crippen LogP) is 4.02. The van der Waals surface area contributed by atoms with Crippen molar-refractivity contribution >= 4 is 16.7 Å². The molecular formula is C19H14N2O3. The molecule has 1 amide bonds. The molecule has 4 rings (SSSR count). The molecule has 0 fully saturated rings. The van der Waals surface area contributed by atoms with Crippen molar-refractivity contribution in [3.05, 3.63) is 78.7 Å². The van der Waals surface area contributed by atoms with Gasteiger partial charge in [-0.25, -0.2) is 4.98 Å². The smallest absolute Gasteiger partial charge is 0.274 e. The molecule has 0 aliphatic rings. The van der Waals surface area contributed by atoms with E-state index in [1.807, 2.05) is 42.5 Å². The summed E-state index contributed by atoms with van der Waals surface area (Å²) >= 11 is 0. The van der Waals surface area contributed by atoms with Gasteiger partial charge in [-0.2, -0.15) is 0 Å². The van der Waals surface area contributed by atoms with Gasteiger partial charge < -0.3 is 14.2 Å². The number of nitrogens with one attached hydrogen (secondary N) is 1. The van der Waals surface area contributed by atoms with Crippen LogP contribution in [0.1, 0.15) is 16.2 Å². The normalized spacial score (nSPS) is 10.8. The predicted molar refractivity (Wildman–Crippen MR) is 89.3 cm³/mol. The zero-order valence-electron chi connectivity index (χ0n) is 12.7. The topological polar surface area (TPSA) is 68.3 Å². The molecule has 0 bridgehead atoms. The van der Waals surface area contributed by atoms with E-state index in [1.165, 1.54) is 6.39 Å². The quantitative estimate of drug-likeness (QED) is 0.617. The van der Waals surface area contributed by atoms with Crippen LogP contribution in [-0.4, -0.2) is 10.9 Å². The van der Waals surface area contributed by atoms with E-state index in [1.54, 1.807) is 18.4 Å². The number of carbonyl (C=O) groups excluding carboxylic acids is 1. The Morgan fingerprint density at radius 3 is 2.71 bits per heavy atom. The van der Waals surface area contributed by atoms with Gasteiger partial charge in [0.05, 0.1) is 12.8 Å². The van der Waals surface area contributed by atoms with Gasteiger partial charge in [0.25, 0.3) is 5.91 Å². The van der Waals surface area contributed by atoms with E-state index >= 15 is 0 Å². The second kappa shape index (κ2) is 6.04. The number of fused-ring (bicyclic) bond motifs is 1. The number of oxazole rings is 1. The maximum atomic E-state index is 12.4. The molecule has 0 saturated heterocycles. The van der Waals surface area contributed by atoms with E-state index in [2.05, 4.69) is 10.3 Å². The first-order chi connectivity index (χ1) is 11.8. The highest BCUT2D eigenvalue weighted by molar-refractivity contribution is 5.98. The maximum absolute atomic E-state index is 12.4. The number of carbonyl (C=O) groups is 1. The van der Waals surface area contributed by atoms with Crippen LogP contribution in [0.25, 0.3) is 22.1 Å². The molecular weight excluding hydrogens is 304 g/mol. The number of benzene rings is 2. The summed E-state index contributed by atoms with van der Waals surface area (Å²) in [5, 5.41) is 4.99. The fourth-order valence-corrected chi connectivity index (χ4v) is 2.61. The number of aromatic nitrogens is 1. The molecule has 0 atom stereocenters. The van der Waals surface area contributed by atoms with Crippen LogP contribution in [0, 0.1) is 0 Å². The van der Waals surface area contributed by atoms with Crippen molar-refractivity contribution in [1.82, 2.24) is 10.3 Å². The summed E-state index contributed by atoms with van der Waals surface area (Å²) in [5.74, 6) is 0.833. The molecule has 0 saturated carbocycles. The molecule has 0 unspecified atom stereocenters. The van der Waals surface area contributed by atoms with Crippen LogP contribution in [-0.2, 0) is 6.54 Å². The lowest BCUT2D eigenvalue weighted by Gasteiger charge is -2.04. The summed E-state index contributed by atoms with van der Waals surface area (Å²) in [6, 6.07) is 17.5. The van der Waals surface area contributed by atoms with E-state index < -0.39 is 0 Å². The van der Waals surface area contributed by atoms with Crippen molar-refractivity contribution in [2.75, 3.05) is 0 Å². The lowest BCUT2D eigenvalue weighted by molar-refractivity contribution is 0.0944. The van der Waals surface area contributed by atoms with Gasteiger partial charge in [0, 0.05) is 5.56 Å². The van der Waals surface area contributed by atoms with Crippen molar-refractivity contribution in [3.8, 4) is 11.3 Å². The van der Waals surface area contributed by atoms with Crippen LogP contribution in [0.15, 0.2) is 76.1 Å². The van der Waals surface area contributed by atoms with Crippen LogP contribution in [0.2, 0.25) is 0 Å². The van der Waals surface area contributed by atoms with Gasteiger partial charge in [-0.15, -0.1) is 0 Å². The standard InChI is InChI=1S/C19H14N2O3/c22-19(20-11-16-6-3-9-23-16)17-18(24-12-21-17)15-8-7-13-4-1-2-5-14(13)10-15/h1-10,12H,11H2,(H,20,22). The van der Waals surface area contributed by atoms with E-state index in [0.29, 0.717) is 18.1 Å². The highest BCUT2D eigenvalue weighted by atomic mass is 16.3. The van der Waals surface area contributed by atoms with Gasteiger partial charge in [-0.1, -0.05) is 36.4 Å². The third-order valence-electron chi connectivity index (χ3n) is 3.80. The Kier molecular flexibility index (Phi) is 3.59. The maximum Gasteiger partial charge on any atom is 0.274 e. The van der Waals surface area contributed by atoms with Crippen molar-refractivity contribution in [3.63, 3.8) is 0 Å². The van der Waals surface area contributed by atoms with Crippen molar-refractivity contribution in [1.29, 1.82) is 0 Å². The number of amides is 1. The average molecular weight is 318 g/mol. The van der Waals surface area contributed by atoms with Gasteiger partial charge in [-0.3, -0.25) is 4.79 Å². The largest absolute Gasteiger partial charge is 0.467 e. The van der Waals surface area contributed by atoms with Gasteiger partial charge in [-0.05, 0) is 29.0 Å². The van der Waals surface area contributed by atoms with Crippen LogP contribution >= 0.6 is 0 Å². The Labute approximate surface area is 137 Å². The Morgan fingerprint density at radius 1 is 1.00 bits per heavy atom. The minimum atomic E-state index is -0.302. The molecule has 5 heteroatoms. The summed E-state index contributed by atoms with van der Waals surface area (Å²) in [5.41, 5.74) is 1.08. The average Bonchev–Trinajstić information content (AvgIpc) is 3.31. The molecule has 0 aliphatic heterocycles. The first-order valence-electron chi connectivity index (χ1n) is 7.54. The fourth-order valence-electron chi connectivity index (χ4n) is 2.61. The number of rotatable bonds is 4. The molecule has 2 aromatic heterocycles. The van der Waals surface area contributed by atoms with Gasteiger partial charge >= 0.3 is 0 Å². The molecule has 118 valence electrons. The number of hydrogen-bond donors (Lipinski definition) is 1. The van der Waals surface area contributed by atoms with Crippen molar-refractivity contribution < 1.29 is 13.6 Å². The molecule has 1 N–H and O–H groups in total. The van der Waals surface area contributed by atoms with E-state index in [9.17, 15) is 4.79 Å². The Balaban J connectivity index is 1.62. The highest BCUT2D eigenvalue weighted by Crippen LogP contribution is 2.27. The van der Waals surface area contributed by atoms with Crippen molar-refractivity contribution in [2.24, 2.45) is 0 Å². The van der Waals surface area contributed by atoms with E-state index in [-0.39, 0.29) is 11.6 Å². The molecule has 0 aliphatic carbocycles. The molecule has 2 aromatic carbocycles. The zero-order valence-corrected chi connectivity index (χ0v) is 12.7. The monoisotopic (exact) mass is 318 g/mol. The Bertz CT molecular complexity index is 987. The van der Waals surface area contributed by atoms with Gasteiger partial charge in [0.1, 0.15) is 5.76 Å². The van der Waals surface area contributed by atoms with Crippen LogP contribution in [0.3, 0.4) is 0 Å². The zero-order chi connectivity index (χ0) is 16.4. The Hall–Kier alpha value is -3.34. The molecule has 5 nitrogen and oxygen atoms in total. The van der Waals surface area contributed by atoms with Gasteiger partial charge in [0.2, 0.25) is 0 Å². The summed E-state index contributed by atoms with van der Waals surface area (Å²) < 4.78 is 10.7. The summed E-state index contributed by atoms with van der Waals surface area (Å²) in [6.45, 7) is 0.301.